The number of nitrogens with zero attached hydrogens (tertiary/aromatic N) is 2. The zero-order valence-electron chi connectivity index (χ0n) is 17.6. The van der Waals surface area contributed by atoms with Crippen molar-refractivity contribution in [3.8, 4) is 0 Å². The highest BCUT2D eigenvalue weighted by atomic mass is 16.6. The number of carbonyl (C=O) groups is 1. The molecule has 7 heteroatoms. The molecule has 2 N–H and O–H groups in total. The molecule has 1 aromatic carbocycles. The Morgan fingerprint density at radius 3 is 2.17 bits per heavy atom. The highest BCUT2D eigenvalue weighted by Crippen LogP contribution is 2.59. The average Bonchev–Trinajstić information content (AvgIpc) is 2.72. The normalized spacial score (nSPS) is 32.9. The predicted molar refractivity (Wildman–Crippen MR) is 114 cm³/mol. The standard InChI is InChI=1S/C23H32N4O3/c28-22(24-16-23-12-17-9-18(13-23)11-19(10-17)14-23)15-25-5-7-26(8-6-25)20-1-3-21(4-2-20)27(29)30/h1-4,17-19H,5-16H2,(H,24,28)/p+1. The topological polar surface area (TPSA) is 79.9 Å². The minimum absolute atomic E-state index is 0.124. The Hall–Kier alpha value is -2.15. The fourth-order valence-electron chi connectivity index (χ4n) is 7.13. The van der Waals surface area contributed by atoms with E-state index >= 15 is 0 Å². The van der Waals surface area contributed by atoms with E-state index < -0.39 is 0 Å². The molecule has 4 bridgehead atoms. The number of nitro groups is 1. The van der Waals surface area contributed by atoms with Gasteiger partial charge in [0.2, 0.25) is 0 Å². The quantitative estimate of drug-likeness (QED) is 0.549. The molecule has 5 fully saturated rings. The van der Waals surface area contributed by atoms with Gasteiger partial charge in [-0.15, -0.1) is 0 Å². The maximum absolute atomic E-state index is 12.6. The van der Waals surface area contributed by atoms with Crippen LogP contribution in [0.15, 0.2) is 24.3 Å². The molecule has 1 aromatic rings. The van der Waals surface area contributed by atoms with Crippen molar-refractivity contribution >= 4 is 17.3 Å². The number of hydrogen-bond acceptors (Lipinski definition) is 4. The molecule has 0 aromatic heterocycles. The van der Waals surface area contributed by atoms with E-state index in [2.05, 4.69) is 10.2 Å². The van der Waals surface area contributed by atoms with Crippen LogP contribution in [0.3, 0.4) is 0 Å². The van der Waals surface area contributed by atoms with Crippen LogP contribution in [0.5, 0.6) is 0 Å². The first-order valence-electron chi connectivity index (χ1n) is 11.6. The summed E-state index contributed by atoms with van der Waals surface area (Å²) in [7, 11) is 0. The second-order valence-corrected chi connectivity index (χ2v) is 10.4. The fourth-order valence-corrected chi connectivity index (χ4v) is 7.13. The van der Waals surface area contributed by atoms with Crippen molar-refractivity contribution in [1.29, 1.82) is 0 Å². The van der Waals surface area contributed by atoms with Gasteiger partial charge in [0.05, 0.1) is 31.1 Å². The Labute approximate surface area is 177 Å². The molecule has 30 heavy (non-hydrogen) atoms. The third kappa shape index (κ3) is 4.04. The van der Waals surface area contributed by atoms with Crippen molar-refractivity contribution in [1.82, 2.24) is 5.32 Å². The Morgan fingerprint density at radius 2 is 1.63 bits per heavy atom. The summed E-state index contributed by atoms with van der Waals surface area (Å²) < 4.78 is 0. The van der Waals surface area contributed by atoms with Crippen LogP contribution in [0.4, 0.5) is 11.4 Å². The van der Waals surface area contributed by atoms with Gasteiger partial charge in [-0.25, -0.2) is 0 Å². The lowest BCUT2D eigenvalue weighted by molar-refractivity contribution is -0.892. The highest BCUT2D eigenvalue weighted by molar-refractivity contribution is 5.76. The zero-order valence-corrected chi connectivity index (χ0v) is 17.6. The summed E-state index contributed by atoms with van der Waals surface area (Å²) in [5, 5.41) is 14.1. The van der Waals surface area contributed by atoms with Crippen LogP contribution < -0.4 is 15.1 Å². The third-order valence-corrected chi connectivity index (χ3v) is 8.13. The van der Waals surface area contributed by atoms with Gasteiger partial charge >= 0.3 is 0 Å². The van der Waals surface area contributed by atoms with E-state index in [0.717, 1.165) is 56.2 Å². The maximum atomic E-state index is 12.6. The van der Waals surface area contributed by atoms with E-state index in [1.165, 1.54) is 43.4 Å². The van der Waals surface area contributed by atoms with Crippen molar-refractivity contribution in [2.75, 3.05) is 44.2 Å². The molecule has 0 atom stereocenters. The molecule has 5 aliphatic rings. The van der Waals surface area contributed by atoms with Crippen LogP contribution in [0, 0.1) is 33.3 Å². The summed E-state index contributed by atoms with van der Waals surface area (Å²) in [5.41, 5.74) is 1.54. The number of carbonyl (C=O) groups excluding carboxylic acids is 1. The Balaban J connectivity index is 1.08. The molecule has 6 rings (SSSR count). The maximum Gasteiger partial charge on any atom is 0.275 e. The molecule has 1 heterocycles. The van der Waals surface area contributed by atoms with E-state index in [1.807, 2.05) is 12.1 Å². The van der Waals surface area contributed by atoms with Crippen molar-refractivity contribution in [2.24, 2.45) is 23.2 Å². The summed E-state index contributed by atoms with van der Waals surface area (Å²) in [6.45, 7) is 5.02. The number of nitro benzene ring substituents is 1. The second kappa shape index (κ2) is 7.84. The van der Waals surface area contributed by atoms with Crippen molar-refractivity contribution in [2.45, 2.75) is 38.5 Å². The number of rotatable bonds is 6. The van der Waals surface area contributed by atoms with E-state index in [0.29, 0.717) is 12.0 Å². The average molecular weight is 414 g/mol. The minimum atomic E-state index is -0.367. The lowest BCUT2D eigenvalue weighted by atomic mass is 9.49. The number of non-ortho nitro benzene ring substituents is 1. The Bertz CT molecular complexity index is 766. The molecule has 4 saturated carbocycles. The number of benzene rings is 1. The third-order valence-electron chi connectivity index (χ3n) is 8.13. The van der Waals surface area contributed by atoms with E-state index in [1.54, 1.807) is 12.1 Å². The van der Waals surface area contributed by atoms with Gasteiger partial charge in [-0.2, -0.15) is 0 Å². The van der Waals surface area contributed by atoms with Gasteiger partial charge in [0.15, 0.2) is 6.54 Å². The number of amides is 1. The van der Waals surface area contributed by atoms with Gasteiger partial charge in [-0.3, -0.25) is 14.9 Å². The van der Waals surface area contributed by atoms with E-state index in [9.17, 15) is 14.9 Å². The first-order valence-corrected chi connectivity index (χ1v) is 11.6. The van der Waals surface area contributed by atoms with E-state index in [4.69, 9.17) is 0 Å². The van der Waals surface area contributed by atoms with Crippen molar-refractivity contribution in [3.63, 3.8) is 0 Å². The molecule has 0 radical (unpaired) electrons. The summed E-state index contributed by atoms with van der Waals surface area (Å²) in [6, 6.07) is 6.77. The summed E-state index contributed by atoms with van der Waals surface area (Å²) in [4.78, 5) is 26.7. The molecule has 0 spiro atoms. The van der Waals surface area contributed by atoms with Gasteiger partial charge in [0, 0.05) is 24.4 Å². The van der Waals surface area contributed by atoms with Gasteiger partial charge in [-0.05, 0) is 73.8 Å². The van der Waals surface area contributed by atoms with Crippen molar-refractivity contribution in [3.05, 3.63) is 34.4 Å². The number of hydrogen-bond donors (Lipinski definition) is 2. The smallest absolute Gasteiger partial charge is 0.275 e. The lowest BCUT2D eigenvalue weighted by Crippen LogP contribution is -3.16. The number of piperazine rings is 1. The predicted octanol–water partition coefficient (Wildman–Crippen LogP) is 1.63. The van der Waals surface area contributed by atoms with Gasteiger partial charge in [0.25, 0.3) is 11.6 Å². The molecule has 4 aliphatic carbocycles. The second-order valence-electron chi connectivity index (χ2n) is 10.4. The minimum Gasteiger partial charge on any atom is -0.360 e. The van der Waals surface area contributed by atoms with Crippen LogP contribution in [0.1, 0.15) is 38.5 Å². The van der Waals surface area contributed by atoms with Crippen molar-refractivity contribution < 1.29 is 14.6 Å². The number of anilines is 1. The van der Waals surface area contributed by atoms with Crippen LogP contribution in [0.2, 0.25) is 0 Å². The molecule has 1 aliphatic heterocycles. The van der Waals surface area contributed by atoms with Gasteiger partial charge < -0.3 is 15.1 Å². The first-order chi connectivity index (χ1) is 14.5. The molecule has 1 saturated heterocycles. The van der Waals surface area contributed by atoms with Crippen LogP contribution >= 0.6 is 0 Å². The molecule has 0 unspecified atom stereocenters. The van der Waals surface area contributed by atoms with Crippen LogP contribution in [0.25, 0.3) is 0 Å². The molecule has 162 valence electrons. The van der Waals surface area contributed by atoms with Crippen LogP contribution in [-0.4, -0.2) is 50.1 Å². The summed E-state index contributed by atoms with van der Waals surface area (Å²) in [5.74, 6) is 2.97. The lowest BCUT2D eigenvalue weighted by Gasteiger charge is -2.56. The zero-order chi connectivity index (χ0) is 20.7. The Morgan fingerprint density at radius 1 is 1.07 bits per heavy atom. The number of quaternary nitrogens is 1. The summed E-state index contributed by atoms with van der Waals surface area (Å²) >= 11 is 0. The summed E-state index contributed by atoms with van der Waals surface area (Å²) in [6.07, 6.45) is 8.32. The molecule has 1 amide bonds. The highest BCUT2D eigenvalue weighted by Gasteiger charge is 2.50. The van der Waals surface area contributed by atoms with Gasteiger partial charge in [-0.1, -0.05) is 0 Å². The first kappa shape index (κ1) is 19.8. The molecule has 7 nitrogen and oxygen atoms in total. The Kier molecular flexibility index (Phi) is 5.17. The molecular formula is C23H33N4O3+. The largest absolute Gasteiger partial charge is 0.360 e. The SMILES string of the molecule is O=C(C[NH+]1CCN(c2ccc([N+](=O)[O-])cc2)CC1)NCC12CC3CC(CC(C3)C1)C2. The fraction of sp³-hybridized carbons (Fsp3) is 0.696. The molecular weight excluding hydrogens is 380 g/mol. The monoisotopic (exact) mass is 413 g/mol. The van der Waals surface area contributed by atoms with Gasteiger partial charge in [0.1, 0.15) is 0 Å². The van der Waals surface area contributed by atoms with Crippen LogP contribution in [-0.2, 0) is 4.79 Å². The van der Waals surface area contributed by atoms with E-state index in [-0.39, 0.29) is 16.5 Å². The number of nitrogens with one attached hydrogen (secondary N) is 2.